The van der Waals surface area contributed by atoms with Crippen LogP contribution in [0.15, 0.2) is 36.5 Å². The number of aromatic nitrogens is 2. The molecule has 3 heterocycles. The van der Waals surface area contributed by atoms with E-state index in [-0.39, 0.29) is 17.9 Å². The SMILES string of the molecule is CNC(=O)c1ccc([C@H]2CCCN2C(=O)CN(C)Cc2ccccn2)nc1C. The van der Waals surface area contributed by atoms with Crippen LogP contribution < -0.4 is 5.32 Å². The molecule has 3 rings (SSSR count). The van der Waals surface area contributed by atoms with Crippen LogP contribution in [-0.2, 0) is 11.3 Å². The number of rotatable bonds is 6. The standard InChI is InChI=1S/C21H27N5O2/c1-15-17(21(28)22-2)9-10-18(24-15)19-8-6-12-26(19)20(27)14-25(3)13-16-7-4-5-11-23-16/h4-5,7,9-11,19H,6,8,12-14H2,1-3H3,(H,22,28)/t19-/m1/s1. The van der Waals surface area contributed by atoms with E-state index >= 15 is 0 Å². The first-order valence-electron chi connectivity index (χ1n) is 9.57. The van der Waals surface area contributed by atoms with Crippen molar-refractivity contribution in [1.29, 1.82) is 0 Å². The summed E-state index contributed by atoms with van der Waals surface area (Å²) < 4.78 is 0. The highest BCUT2D eigenvalue weighted by molar-refractivity contribution is 5.94. The minimum absolute atomic E-state index is 0.0341. The van der Waals surface area contributed by atoms with Gasteiger partial charge in [0, 0.05) is 26.3 Å². The first-order valence-corrected chi connectivity index (χ1v) is 9.57. The third-order valence-electron chi connectivity index (χ3n) is 5.06. The number of carbonyl (C=O) groups is 2. The Bertz CT molecular complexity index is 840. The molecule has 7 nitrogen and oxygen atoms in total. The smallest absolute Gasteiger partial charge is 0.252 e. The number of pyridine rings is 2. The summed E-state index contributed by atoms with van der Waals surface area (Å²) in [6, 6.07) is 9.42. The first kappa shape index (κ1) is 19.9. The van der Waals surface area contributed by atoms with Gasteiger partial charge < -0.3 is 10.2 Å². The predicted octanol–water partition coefficient (Wildman–Crippen LogP) is 1.94. The van der Waals surface area contributed by atoms with Crippen LogP contribution in [0.5, 0.6) is 0 Å². The fraction of sp³-hybridized carbons (Fsp3) is 0.429. The lowest BCUT2D eigenvalue weighted by molar-refractivity contribution is -0.133. The van der Waals surface area contributed by atoms with E-state index in [9.17, 15) is 9.59 Å². The second-order valence-electron chi connectivity index (χ2n) is 7.19. The van der Waals surface area contributed by atoms with Gasteiger partial charge in [0.25, 0.3) is 5.91 Å². The molecule has 0 spiro atoms. The highest BCUT2D eigenvalue weighted by atomic mass is 16.2. The summed E-state index contributed by atoms with van der Waals surface area (Å²) in [5.41, 5.74) is 3.04. The molecule has 1 fully saturated rings. The summed E-state index contributed by atoms with van der Waals surface area (Å²) >= 11 is 0. The maximum Gasteiger partial charge on any atom is 0.252 e. The summed E-state index contributed by atoms with van der Waals surface area (Å²) in [5.74, 6) is -0.0530. The average molecular weight is 381 g/mol. The third-order valence-corrected chi connectivity index (χ3v) is 5.06. The van der Waals surface area contributed by atoms with Crippen molar-refractivity contribution in [2.45, 2.75) is 32.4 Å². The van der Waals surface area contributed by atoms with Crippen molar-refractivity contribution >= 4 is 11.8 Å². The number of nitrogens with zero attached hydrogens (tertiary/aromatic N) is 4. The molecular weight excluding hydrogens is 354 g/mol. The van der Waals surface area contributed by atoms with E-state index in [1.54, 1.807) is 19.3 Å². The Morgan fingerprint density at radius 2 is 2.11 bits per heavy atom. The zero-order valence-electron chi connectivity index (χ0n) is 16.7. The number of hydrogen-bond acceptors (Lipinski definition) is 5. The van der Waals surface area contributed by atoms with Gasteiger partial charge in [0.15, 0.2) is 0 Å². The van der Waals surface area contributed by atoms with Gasteiger partial charge in [0.05, 0.1) is 35.2 Å². The lowest BCUT2D eigenvalue weighted by atomic mass is 10.1. The molecule has 28 heavy (non-hydrogen) atoms. The number of nitrogens with one attached hydrogen (secondary N) is 1. The summed E-state index contributed by atoms with van der Waals surface area (Å²) in [6.45, 7) is 3.53. The van der Waals surface area contributed by atoms with Gasteiger partial charge in [-0.1, -0.05) is 6.07 Å². The van der Waals surface area contributed by atoms with Crippen molar-refractivity contribution in [3.05, 3.63) is 59.2 Å². The molecule has 148 valence electrons. The zero-order chi connectivity index (χ0) is 20.1. The monoisotopic (exact) mass is 381 g/mol. The first-order chi connectivity index (χ1) is 13.5. The molecule has 1 atom stereocenters. The fourth-order valence-electron chi connectivity index (χ4n) is 3.66. The molecule has 0 unspecified atom stereocenters. The summed E-state index contributed by atoms with van der Waals surface area (Å²) in [6.07, 6.45) is 3.61. The van der Waals surface area contributed by atoms with Gasteiger partial charge in [-0.05, 0) is 51.1 Å². The maximum atomic E-state index is 12.9. The lowest BCUT2D eigenvalue weighted by Gasteiger charge is -2.27. The van der Waals surface area contributed by atoms with Gasteiger partial charge in [-0.2, -0.15) is 0 Å². The molecule has 0 aliphatic carbocycles. The van der Waals surface area contributed by atoms with Crippen molar-refractivity contribution in [2.24, 2.45) is 0 Å². The molecule has 0 saturated carbocycles. The molecular formula is C21H27N5O2. The van der Waals surface area contributed by atoms with Gasteiger partial charge in [-0.25, -0.2) is 0 Å². The highest BCUT2D eigenvalue weighted by Gasteiger charge is 2.31. The predicted molar refractivity (Wildman–Crippen MR) is 107 cm³/mol. The van der Waals surface area contributed by atoms with Gasteiger partial charge in [-0.15, -0.1) is 0 Å². The van der Waals surface area contributed by atoms with Crippen LogP contribution in [0, 0.1) is 6.92 Å². The van der Waals surface area contributed by atoms with E-state index in [0.717, 1.165) is 30.8 Å². The van der Waals surface area contributed by atoms with Crippen molar-refractivity contribution in [1.82, 2.24) is 25.1 Å². The van der Waals surface area contributed by atoms with Crippen molar-refractivity contribution < 1.29 is 9.59 Å². The third kappa shape index (κ3) is 4.54. The normalized spacial score (nSPS) is 16.4. The van der Waals surface area contributed by atoms with Gasteiger partial charge in [0.1, 0.15) is 0 Å². The Morgan fingerprint density at radius 3 is 2.79 bits per heavy atom. The Morgan fingerprint density at radius 1 is 1.29 bits per heavy atom. The van der Waals surface area contributed by atoms with Gasteiger partial charge >= 0.3 is 0 Å². The maximum absolute atomic E-state index is 12.9. The molecule has 0 bridgehead atoms. The van der Waals surface area contributed by atoms with Crippen LogP contribution >= 0.6 is 0 Å². The van der Waals surface area contributed by atoms with Crippen molar-refractivity contribution in [3.8, 4) is 0 Å². The van der Waals surface area contributed by atoms with E-state index in [2.05, 4.69) is 15.3 Å². The Hall–Kier alpha value is -2.80. The number of aryl methyl sites for hydroxylation is 1. The number of hydrogen-bond donors (Lipinski definition) is 1. The quantitative estimate of drug-likeness (QED) is 0.827. The van der Waals surface area contributed by atoms with Gasteiger partial charge in [0.2, 0.25) is 5.91 Å². The fourth-order valence-corrected chi connectivity index (χ4v) is 3.66. The number of likely N-dealkylation sites (N-methyl/N-ethyl adjacent to an activating group) is 1. The van der Waals surface area contributed by atoms with Crippen LogP contribution in [0.25, 0.3) is 0 Å². The van der Waals surface area contributed by atoms with Crippen LogP contribution in [0.1, 0.15) is 46.3 Å². The minimum atomic E-state index is -0.146. The molecule has 7 heteroatoms. The lowest BCUT2D eigenvalue weighted by Crippen LogP contribution is -2.38. The largest absolute Gasteiger partial charge is 0.355 e. The minimum Gasteiger partial charge on any atom is -0.355 e. The molecule has 0 radical (unpaired) electrons. The van der Waals surface area contributed by atoms with Crippen LogP contribution in [0.2, 0.25) is 0 Å². The van der Waals surface area contributed by atoms with Crippen molar-refractivity contribution in [3.63, 3.8) is 0 Å². The second-order valence-corrected chi connectivity index (χ2v) is 7.19. The van der Waals surface area contributed by atoms with Gasteiger partial charge in [-0.3, -0.25) is 24.5 Å². The Labute approximate surface area is 165 Å². The van der Waals surface area contributed by atoms with Crippen LogP contribution in [0.4, 0.5) is 0 Å². The van der Waals surface area contributed by atoms with Crippen LogP contribution in [-0.4, -0.2) is 58.8 Å². The molecule has 1 saturated heterocycles. The molecule has 2 aromatic heterocycles. The summed E-state index contributed by atoms with van der Waals surface area (Å²) in [5, 5.41) is 2.63. The molecule has 1 aliphatic rings. The molecule has 1 aliphatic heterocycles. The topological polar surface area (TPSA) is 78.4 Å². The number of amides is 2. The highest BCUT2D eigenvalue weighted by Crippen LogP contribution is 2.31. The van der Waals surface area contributed by atoms with E-state index < -0.39 is 0 Å². The molecule has 1 N–H and O–H groups in total. The summed E-state index contributed by atoms with van der Waals surface area (Å²) in [4.78, 5) is 37.6. The average Bonchev–Trinajstić information content (AvgIpc) is 3.18. The molecule has 0 aromatic carbocycles. The Kier molecular flexibility index (Phi) is 6.36. The Balaban J connectivity index is 1.67. The summed E-state index contributed by atoms with van der Waals surface area (Å²) in [7, 11) is 3.53. The molecule has 2 amide bonds. The second kappa shape index (κ2) is 8.93. The number of carbonyl (C=O) groups excluding carboxylic acids is 2. The van der Waals surface area contributed by atoms with E-state index in [1.807, 2.05) is 48.0 Å². The van der Waals surface area contributed by atoms with E-state index in [0.29, 0.717) is 24.3 Å². The molecule has 2 aromatic rings. The zero-order valence-corrected chi connectivity index (χ0v) is 16.7. The van der Waals surface area contributed by atoms with E-state index in [4.69, 9.17) is 0 Å². The van der Waals surface area contributed by atoms with Crippen LogP contribution in [0.3, 0.4) is 0 Å². The van der Waals surface area contributed by atoms with E-state index in [1.165, 1.54) is 0 Å². The number of likely N-dealkylation sites (tertiary alicyclic amines) is 1. The van der Waals surface area contributed by atoms with Crippen molar-refractivity contribution in [2.75, 3.05) is 27.2 Å².